The summed E-state index contributed by atoms with van der Waals surface area (Å²) >= 11 is 0. The highest BCUT2D eigenvalue weighted by molar-refractivity contribution is 6.05. The largest absolute Gasteiger partial charge is 0.394 e. The summed E-state index contributed by atoms with van der Waals surface area (Å²) in [5, 5.41) is 27.9. The average Bonchev–Trinajstić information content (AvgIpc) is 3.47. The zero-order valence-corrected chi connectivity index (χ0v) is 18.7. The first-order valence-electron chi connectivity index (χ1n) is 11.4. The Morgan fingerprint density at radius 2 is 1.68 bits per heavy atom. The third-order valence-electron chi connectivity index (χ3n) is 6.80. The Labute approximate surface area is 195 Å². The first kappa shape index (κ1) is 21.0. The molecule has 1 fully saturated rings. The van der Waals surface area contributed by atoms with Gasteiger partial charge in [0.15, 0.2) is 17.0 Å². The third kappa shape index (κ3) is 3.30. The number of imidazole rings is 1. The number of aryl methyl sites for hydroxylation is 1. The summed E-state index contributed by atoms with van der Waals surface area (Å²) in [5.41, 5.74) is 3.73. The molecule has 3 atom stereocenters. The molecule has 0 saturated carbocycles. The van der Waals surface area contributed by atoms with Gasteiger partial charge in [-0.25, -0.2) is 15.0 Å². The van der Waals surface area contributed by atoms with Gasteiger partial charge >= 0.3 is 0 Å². The minimum absolute atomic E-state index is 0.232. The Bertz CT molecular complexity index is 1460. The molecular weight excluding hydrogens is 430 g/mol. The molecule has 5 aromatic rings. The van der Waals surface area contributed by atoms with Crippen molar-refractivity contribution in [2.24, 2.45) is 0 Å². The molecule has 2 aromatic heterocycles. The van der Waals surface area contributed by atoms with Crippen LogP contribution in [0.1, 0.15) is 23.8 Å². The number of aliphatic hydroxyl groups excluding tert-OH is 2. The van der Waals surface area contributed by atoms with Gasteiger partial charge in [-0.3, -0.25) is 4.57 Å². The molecule has 1 aliphatic heterocycles. The quantitative estimate of drug-likeness (QED) is 0.347. The molecule has 1 saturated heterocycles. The first-order valence-corrected chi connectivity index (χ1v) is 11.4. The molecule has 3 N–H and O–H groups in total. The molecule has 8 nitrogen and oxygen atoms in total. The first-order chi connectivity index (χ1) is 16.7. The molecule has 6 rings (SSSR count). The zero-order chi connectivity index (χ0) is 23.2. The summed E-state index contributed by atoms with van der Waals surface area (Å²) in [6.45, 7) is 2.52. The van der Waals surface area contributed by atoms with Gasteiger partial charge in [-0.15, -0.1) is 0 Å². The van der Waals surface area contributed by atoms with Crippen molar-refractivity contribution in [3.8, 4) is 0 Å². The van der Waals surface area contributed by atoms with Crippen LogP contribution in [0.15, 0.2) is 61.2 Å². The van der Waals surface area contributed by atoms with Crippen LogP contribution in [0, 0.1) is 6.92 Å². The van der Waals surface area contributed by atoms with Gasteiger partial charge in [-0.1, -0.05) is 48.5 Å². The van der Waals surface area contributed by atoms with E-state index in [1.54, 1.807) is 10.9 Å². The minimum atomic E-state index is -0.727. The predicted molar refractivity (Wildman–Crippen MR) is 130 cm³/mol. The molecule has 0 bridgehead atoms. The Kier molecular flexibility index (Phi) is 5.13. The molecule has 0 amide bonds. The van der Waals surface area contributed by atoms with E-state index >= 15 is 0 Å². The predicted octanol–water partition coefficient (Wildman–Crippen LogP) is 3.69. The van der Waals surface area contributed by atoms with Gasteiger partial charge in [0.25, 0.3) is 0 Å². The van der Waals surface area contributed by atoms with E-state index < -0.39 is 18.4 Å². The number of nitrogens with zero attached hydrogens (tertiary/aromatic N) is 4. The molecule has 0 radical (unpaired) electrons. The second kappa shape index (κ2) is 8.32. The van der Waals surface area contributed by atoms with E-state index in [-0.39, 0.29) is 6.61 Å². The van der Waals surface area contributed by atoms with Crippen LogP contribution in [0.25, 0.3) is 32.7 Å². The summed E-state index contributed by atoms with van der Waals surface area (Å²) in [5.74, 6) is 0.634. The van der Waals surface area contributed by atoms with Gasteiger partial charge in [-0.2, -0.15) is 0 Å². The van der Waals surface area contributed by atoms with Crippen molar-refractivity contribution in [1.82, 2.24) is 19.5 Å². The van der Waals surface area contributed by atoms with E-state index in [1.807, 2.05) is 0 Å². The van der Waals surface area contributed by atoms with E-state index in [2.05, 4.69) is 75.7 Å². The van der Waals surface area contributed by atoms with E-state index in [4.69, 9.17) is 4.74 Å². The fourth-order valence-corrected chi connectivity index (χ4v) is 5.04. The van der Waals surface area contributed by atoms with Gasteiger partial charge in [0.05, 0.1) is 19.0 Å². The monoisotopic (exact) mass is 455 g/mol. The van der Waals surface area contributed by atoms with E-state index in [9.17, 15) is 10.2 Å². The Hall–Kier alpha value is -3.59. The standard InChI is InChI=1S/C26H25N5O3/c1-15-16-6-2-4-8-18(16)20(19-9-5-3-7-17(15)19)11-27-25-24-26(29-13-28-25)31(14-30-24)23-10-21(33)22(12-32)34-23/h2-9,13-14,21-23,32-33H,10-12H2,1H3,(H,27,28,29). The van der Waals surface area contributed by atoms with Gasteiger partial charge in [0.2, 0.25) is 0 Å². The number of aromatic nitrogens is 4. The molecule has 0 aliphatic carbocycles. The van der Waals surface area contributed by atoms with Gasteiger partial charge in [-0.05, 0) is 39.6 Å². The number of hydrogen-bond acceptors (Lipinski definition) is 7. The molecule has 3 unspecified atom stereocenters. The number of rotatable bonds is 5. The minimum Gasteiger partial charge on any atom is -0.394 e. The lowest BCUT2D eigenvalue weighted by atomic mass is 9.92. The highest BCUT2D eigenvalue weighted by atomic mass is 16.5. The van der Waals surface area contributed by atoms with Gasteiger partial charge < -0.3 is 20.3 Å². The maximum absolute atomic E-state index is 10.1. The fraction of sp³-hybridized carbons (Fsp3) is 0.269. The lowest BCUT2D eigenvalue weighted by Crippen LogP contribution is -2.24. The van der Waals surface area contributed by atoms with Crippen LogP contribution in [0.4, 0.5) is 5.82 Å². The average molecular weight is 456 g/mol. The molecule has 34 heavy (non-hydrogen) atoms. The lowest BCUT2D eigenvalue weighted by molar-refractivity contribution is -0.0432. The summed E-state index contributed by atoms with van der Waals surface area (Å²) in [4.78, 5) is 13.4. The highest BCUT2D eigenvalue weighted by Crippen LogP contribution is 2.34. The van der Waals surface area contributed by atoms with E-state index in [0.29, 0.717) is 29.9 Å². The highest BCUT2D eigenvalue weighted by Gasteiger charge is 2.35. The SMILES string of the molecule is Cc1c2ccccc2c(CNc2ncnc3c2ncn3C2CC(O)C(CO)O2)c2ccccc12. The number of aliphatic hydroxyl groups is 2. The Balaban J connectivity index is 1.37. The van der Waals surface area contributed by atoms with Crippen molar-refractivity contribution in [3.05, 3.63) is 72.3 Å². The smallest absolute Gasteiger partial charge is 0.167 e. The van der Waals surface area contributed by atoms with Crippen molar-refractivity contribution >= 4 is 38.5 Å². The summed E-state index contributed by atoms with van der Waals surface area (Å²) in [7, 11) is 0. The molecular formula is C26H25N5O3. The van der Waals surface area contributed by atoms with Gasteiger partial charge in [0, 0.05) is 13.0 Å². The van der Waals surface area contributed by atoms with Crippen molar-refractivity contribution in [2.75, 3.05) is 11.9 Å². The molecule has 8 heteroatoms. The van der Waals surface area contributed by atoms with Crippen LogP contribution in [-0.2, 0) is 11.3 Å². The maximum atomic E-state index is 10.1. The molecule has 1 aliphatic rings. The van der Waals surface area contributed by atoms with Crippen LogP contribution < -0.4 is 5.32 Å². The van der Waals surface area contributed by atoms with Crippen molar-refractivity contribution in [1.29, 1.82) is 0 Å². The van der Waals surface area contributed by atoms with Crippen molar-refractivity contribution in [2.45, 2.75) is 38.3 Å². The fourth-order valence-electron chi connectivity index (χ4n) is 5.04. The van der Waals surface area contributed by atoms with Crippen molar-refractivity contribution < 1.29 is 14.9 Å². The summed E-state index contributed by atoms with van der Waals surface area (Å²) in [6, 6.07) is 16.9. The number of hydrogen-bond donors (Lipinski definition) is 3. The molecule has 3 aromatic carbocycles. The second-order valence-corrected chi connectivity index (χ2v) is 8.71. The lowest BCUT2D eigenvalue weighted by Gasteiger charge is -2.16. The van der Waals surface area contributed by atoms with Crippen LogP contribution in [0.3, 0.4) is 0 Å². The van der Waals surface area contributed by atoms with E-state index in [0.717, 1.165) is 0 Å². The summed E-state index contributed by atoms with van der Waals surface area (Å²) in [6.07, 6.45) is 1.75. The Morgan fingerprint density at radius 3 is 2.32 bits per heavy atom. The number of anilines is 1. The van der Waals surface area contributed by atoms with Crippen molar-refractivity contribution in [3.63, 3.8) is 0 Å². The normalized spacial score (nSPS) is 20.5. The van der Waals surface area contributed by atoms with Crippen LogP contribution >= 0.6 is 0 Å². The Morgan fingerprint density at radius 1 is 1.00 bits per heavy atom. The van der Waals surface area contributed by atoms with Crippen LogP contribution in [0.2, 0.25) is 0 Å². The molecule has 0 spiro atoms. The number of fused-ring (bicyclic) bond motifs is 3. The van der Waals surface area contributed by atoms with Crippen LogP contribution in [0.5, 0.6) is 0 Å². The number of benzene rings is 3. The number of ether oxygens (including phenoxy) is 1. The van der Waals surface area contributed by atoms with Gasteiger partial charge in [0.1, 0.15) is 18.7 Å². The zero-order valence-electron chi connectivity index (χ0n) is 18.7. The topological polar surface area (TPSA) is 105 Å². The maximum Gasteiger partial charge on any atom is 0.167 e. The molecule has 172 valence electrons. The summed E-state index contributed by atoms with van der Waals surface area (Å²) < 4.78 is 7.58. The van der Waals surface area contributed by atoms with Crippen LogP contribution in [-0.4, -0.2) is 48.5 Å². The molecule has 3 heterocycles. The van der Waals surface area contributed by atoms with E-state index in [1.165, 1.54) is 39.0 Å². The second-order valence-electron chi connectivity index (χ2n) is 8.71. The number of nitrogens with one attached hydrogen (secondary N) is 1. The third-order valence-corrected chi connectivity index (χ3v) is 6.80.